The average molecular weight is 377 g/mol. The van der Waals surface area contributed by atoms with Crippen molar-refractivity contribution in [2.75, 3.05) is 6.79 Å². The van der Waals surface area contributed by atoms with Gasteiger partial charge in [-0.05, 0) is 29.8 Å². The molecule has 2 aliphatic rings. The van der Waals surface area contributed by atoms with E-state index >= 15 is 0 Å². The first kappa shape index (κ1) is 16.4. The highest BCUT2D eigenvalue weighted by Crippen LogP contribution is 2.35. The first-order valence-corrected chi connectivity index (χ1v) is 8.73. The van der Waals surface area contributed by atoms with Crippen LogP contribution in [0.15, 0.2) is 62.8 Å². The molecule has 5 rings (SSSR count). The zero-order valence-electron chi connectivity index (χ0n) is 14.6. The summed E-state index contributed by atoms with van der Waals surface area (Å²) in [7, 11) is 0. The standard InChI is InChI=1S/C20H15N3O5/c24-19-13(7-12-3-1-2-4-16(12)28-19)15-9-14(21-20(25)23-22-15)11-5-6-17-18(8-11)27-10-26-17/h1-8,14H,9-10H2,(H2,21,23,25)/t14-/m1/s1. The molecular weight excluding hydrogens is 362 g/mol. The summed E-state index contributed by atoms with van der Waals surface area (Å²) in [6.07, 6.45) is 0.307. The lowest BCUT2D eigenvalue weighted by Gasteiger charge is -2.17. The minimum atomic E-state index is -0.502. The van der Waals surface area contributed by atoms with Crippen LogP contribution < -0.4 is 25.8 Å². The Labute approximate surface area is 158 Å². The molecule has 2 amide bonds. The van der Waals surface area contributed by atoms with Gasteiger partial charge in [0.2, 0.25) is 6.79 Å². The lowest BCUT2D eigenvalue weighted by atomic mass is 9.97. The van der Waals surface area contributed by atoms with Crippen molar-refractivity contribution in [3.05, 3.63) is 70.1 Å². The van der Waals surface area contributed by atoms with E-state index in [1.54, 1.807) is 24.3 Å². The number of hydrogen-bond acceptors (Lipinski definition) is 6. The van der Waals surface area contributed by atoms with Crippen LogP contribution in [0.4, 0.5) is 4.79 Å². The van der Waals surface area contributed by atoms with Crippen LogP contribution in [0.5, 0.6) is 11.5 Å². The quantitative estimate of drug-likeness (QED) is 0.669. The number of para-hydroxylation sites is 1. The van der Waals surface area contributed by atoms with Gasteiger partial charge in [-0.25, -0.2) is 15.0 Å². The summed E-state index contributed by atoms with van der Waals surface area (Å²) in [4.78, 5) is 24.6. The Morgan fingerprint density at radius 3 is 2.79 bits per heavy atom. The number of hydrogen-bond donors (Lipinski definition) is 2. The third kappa shape index (κ3) is 2.84. The maximum atomic E-state index is 12.5. The fourth-order valence-electron chi connectivity index (χ4n) is 3.36. The highest BCUT2D eigenvalue weighted by molar-refractivity contribution is 6.03. The first-order valence-electron chi connectivity index (χ1n) is 8.73. The van der Waals surface area contributed by atoms with Crippen molar-refractivity contribution in [1.82, 2.24) is 10.7 Å². The molecule has 0 spiro atoms. The molecule has 3 aromatic rings. The molecule has 0 fully saturated rings. The van der Waals surface area contributed by atoms with Crippen LogP contribution in [-0.4, -0.2) is 18.5 Å². The second-order valence-corrected chi connectivity index (χ2v) is 6.50. The molecule has 8 heteroatoms. The van der Waals surface area contributed by atoms with Gasteiger partial charge in [0, 0.05) is 11.8 Å². The van der Waals surface area contributed by atoms with Crippen molar-refractivity contribution in [1.29, 1.82) is 0 Å². The second kappa shape index (κ2) is 6.41. The minimum absolute atomic E-state index is 0.169. The number of rotatable bonds is 2. The van der Waals surface area contributed by atoms with Crippen molar-refractivity contribution >= 4 is 22.7 Å². The molecule has 0 radical (unpaired) electrons. The smallest absolute Gasteiger partial charge is 0.345 e. The number of nitrogens with one attached hydrogen (secondary N) is 2. The normalized spacial score (nSPS) is 18.2. The Kier molecular flexibility index (Phi) is 3.75. The number of benzene rings is 2. The summed E-state index contributed by atoms with van der Waals surface area (Å²) in [5.41, 5.74) is 3.98. The van der Waals surface area contributed by atoms with Crippen LogP contribution in [-0.2, 0) is 0 Å². The topological polar surface area (TPSA) is 102 Å². The minimum Gasteiger partial charge on any atom is -0.454 e. The van der Waals surface area contributed by atoms with E-state index in [0.29, 0.717) is 34.8 Å². The van der Waals surface area contributed by atoms with Gasteiger partial charge in [0.05, 0.1) is 17.3 Å². The van der Waals surface area contributed by atoms with Gasteiger partial charge in [-0.15, -0.1) is 0 Å². The predicted molar refractivity (Wildman–Crippen MR) is 101 cm³/mol. The Hall–Kier alpha value is -3.81. The predicted octanol–water partition coefficient (Wildman–Crippen LogP) is 2.67. The molecular formula is C20H15N3O5. The Morgan fingerprint density at radius 1 is 1.00 bits per heavy atom. The lowest BCUT2D eigenvalue weighted by Crippen LogP contribution is -2.33. The van der Waals surface area contributed by atoms with Crippen LogP contribution in [0.1, 0.15) is 23.6 Å². The van der Waals surface area contributed by atoms with Crippen LogP contribution >= 0.6 is 0 Å². The summed E-state index contributed by atoms with van der Waals surface area (Å²) in [6.45, 7) is 0.169. The van der Waals surface area contributed by atoms with Crippen LogP contribution in [0.25, 0.3) is 11.0 Å². The number of amides is 2. The van der Waals surface area contributed by atoms with Crippen molar-refractivity contribution in [3.63, 3.8) is 0 Å². The zero-order valence-corrected chi connectivity index (χ0v) is 14.6. The molecule has 2 N–H and O–H groups in total. The molecule has 1 atom stereocenters. The number of urea groups is 1. The molecule has 0 saturated carbocycles. The largest absolute Gasteiger partial charge is 0.454 e. The molecule has 140 valence electrons. The van der Waals surface area contributed by atoms with Crippen LogP contribution in [0.3, 0.4) is 0 Å². The van der Waals surface area contributed by atoms with E-state index in [9.17, 15) is 9.59 Å². The van der Waals surface area contributed by atoms with Crippen LogP contribution in [0, 0.1) is 0 Å². The van der Waals surface area contributed by atoms with E-state index in [4.69, 9.17) is 13.9 Å². The molecule has 8 nitrogen and oxygen atoms in total. The highest BCUT2D eigenvalue weighted by Gasteiger charge is 2.25. The molecule has 3 heterocycles. The van der Waals surface area contributed by atoms with Crippen molar-refractivity contribution in [2.45, 2.75) is 12.5 Å². The van der Waals surface area contributed by atoms with E-state index in [1.165, 1.54) is 0 Å². The number of ether oxygens (including phenoxy) is 2. The van der Waals surface area contributed by atoms with Gasteiger partial charge in [0.25, 0.3) is 0 Å². The molecule has 0 unspecified atom stereocenters. The van der Waals surface area contributed by atoms with Crippen LogP contribution in [0.2, 0.25) is 0 Å². The summed E-state index contributed by atoms with van der Waals surface area (Å²) >= 11 is 0. The van der Waals surface area contributed by atoms with Gasteiger partial charge >= 0.3 is 11.7 Å². The van der Waals surface area contributed by atoms with Crippen molar-refractivity contribution in [2.24, 2.45) is 5.10 Å². The van der Waals surface area contributed by atoms with Gasteiger partial charge in [0.1, 0.15) is 5.58 Å². The van der Waals surface area contributed by atoms with Gasteiger partial charge < -0.3 is 19.2 Å². The molecule has 2 aromatic carbocycles. The van der Waals surface area contributed by atoms with E-state index in [0.717, 1.165) is 10.9 Å². The summed E-state index contributed by atoms with van der Waals surface area (Å²) in [6, 6.07) is 13.6. The van der Waals surface area contributed by atoms with Gasteiger partial charge in [0.15, 0.2) is 11.5 Å². The van der Waals surface area contributed by atoms with E-state index < -0.39 is 17.7 Å². The first-order chi connectivity index (χ1) is 13.7. The lowest BCUT2D eigenvalue weighted by molar-refractivity contribution is 0.174. The number of carbonyl (C=O) groups excluding carboxylic acids is 1. The Morgan fingerprint density at radius 2 is 1.86 bits per heavy atom. The maximum Gasteiger partial charge on any atom is 0.345 e. The molecule has 0 aliphatic carbocycles. The SMILES string of the molecule is O=C1NN=C(c2cc3ccccc3oc2=O)C[C@H](c2ccc3c(c2)OCO3)N1. The van der Waals surface area contributed by atoms with E-state index in [-0.39, 0.29) is 6.79 Å². The number of carbonyl (C=O) groups is 1. The number of nitrogens with zero attached hydrogens (tertiary/aromatic N) is 1. The Bertz CT molecular complexity index is 1180. The third-order valence-corrected chi connectivity index (χ3v) is 4.75. The second-order valence-electron chi connectivity index (χ2n) is 6.50. The molecule has 0 saturated heterocycles. The van der Waals surface area contributed by atoms with Crippen molar-refractivity contribution in [3.8, 4) is 11.5 Å². The fourth-order valence-corrected chi connectivity index (χ4v) is 3.36. The summed E-state index contributed by atoms with van der Waals surface area (Å²) < 4.78 is 16.2. The monoisotopic (exact) mass is 377 g/mol. The Balaban J connectivity index is 1.54. The maximum absolute atomic E-state index is 12.5. The summed E-state index contributed by atoms with van der Waals surface area (Å²) in [5.74, 6) is 1.28. The average Bonchev–Trinajstić information content (AvgIpc) is 3.09. The number of fused-ring (bicyclic) bond motifs is 2. The molecule has 2 aliphatic heterocycles. The molecule has 28 heavy (non-hydrogen) atoms. The van der Waals surface area contributed by atoms with E-state index in [1.807, 2.05) is 24.3 Å². The molecule has 1 aromatic heterocycles. The van der Waals surface area contributed by atoms with Gasteiger partial charge in [-0.1, -0.05) is 24.3 Å². The molecule has 0 bridgehead atoms. The third-order valence-electron chi connectivity index (χ3n) is 4.75. The number of hydrazone groups is 1. The van der Waals surface area contributed by atoms with Gasteiger partial charge in [-0.3, -0.25) is 0 Å². The fraction of sp³-hybridized carbons (Fsp3) is 0.150. The van der Waals surface area contributed by atoms with E-state index in [2.05, 4.69) is 15.8 Å². The van der Waals surface area contributed by atoms with Gasteiger partial charge in [-0.2, -0.15) is 5.10 Å². The zero-order chi connectivity index (χ0) is 19.1. The highest BCUT2D eigenvalue weighted by atomic mass is 16.7. The summed E-state index contributed by atoms with van der Waals surface area (Å²) in [5, 5.41) is 7.76. The van der Waals surface area contributed by atoms with Crippen molar-refractivity contribution < 1.29 is 18.7 Å².